The van der Waals surface area contributed by atoms with Gasteiger partial charge in [-0.15, -0.1) is 0 Å². The minimum Gasteiger partial charge on any atom is -0.465 e. The van der Waals surface area contributed by atoms with Gasteiger partial charge in [-0.3, -0.25) is 4.68 Å². The third kappa shape index (κ3) is 1.78. The topological polar surface area (TPSA) is 44.1 Å². The van der Waals surface area contributed by atoms with Crippen LogP contribution in [-0.2, 0) is 11.8 Å². The largest absolute Gasteiger partial charge is 0.465 e. The summed E-state index contributed by atoms with van der Waals surface area (Å²) in [7, 11) is 3.15. The molecule has 0 N–H and O–H groups in total. The van der Waals surface area contributed by atoms with Crippen molar-refractivity contribution in [1.29, 1.82) is 0 Å². The van der Waals surface area contributed by atoms with Crippen LogP contribution in [0, 0.1) is 0 Å². The van der Waals surface area contributed by atoms with Gasteiger partial charge in [0.2, 0.25) is 0 Å². The van der Waals surface area contributed by atoms with Crippen molar-refractivity contribution in [3.63, 3.8) is 0 Å². The fourth-order valence-electron chi connectivity index (χ4n) is 1.36. The van der Waals surface area contributed by atoms with Crippen LogP contribution in [0.4, 0.5) is 0 Å². The summed E-state index contributed by atoms with van der Waals surface area (Å²) in [4.78, 5) is 11.5. The van der Waals surface area contributed by atoms with E-state index in [0.29, 0.717) is 11.3 Å². The highest BCUT2D eigenvalue weighted by molar-refractivity contribution is 7.08. The fourth-order valence-corrected chi connectivity index (χ4v) is 2.00. The van der Waals surface area contributed by atoms with Crippen LogP contribution in [0.25, 0.3) is 11.3 Å². The highest BCUT2D eigenvalue weighted by atomic mass is 32.1. The molecule has 0 amide bonds. The summed E-state index contributed by atoms with van der Waals surface area (Å²) in [6.07, 6.45) is 1.67. The first-order valence-corrected chi connectivity index (χ1v) is 5.31. The molecule has 5 heteroatoms. The summed E-state index contributed by atoms with van der Waals surface area (Å²) in [6, 6.07) is 1.93. The molecule has 0 unspecified atom stereocenters. The van der Waals surface area contributed by atoms with E-state index in [1.54, 1.807) is 29.3 Å². The maximum absolute atomic E-state index is 11.5. The average Bonchev–Trinajstić information content (AvgIpc) is 2.84. The monoisotopic (exact) mass is 222 g/mol. The van der Waals surface area contributed by atoms with Crippen LogP contribution in [0.2, 0.25) is 0 Å². The van der Waals surface area contributed by atoms with Gasteiger partial charge >= 0.3 is 5.97 Å². The van der Waals surface area contributed by atoms with Crippen LogP contribution in [-0.4, -0.2) is 22.9 Å². The summed E-state index contributed by atoms with van der Waals surface area (Å²) in [5.74, 6) is -0.357. The Bertz CT molecular complexity index is 474. The van der Waals surface area contributed by atoms with Crippen LogP contribution >= 0.6 is 11.3 Å². The zero-order valence-electron chi connectivity index (χ0n) is 8.43. The molecule has 15 heavy (non-hydrogen) atoms. The first kappa shape index (κ1) is 9.92. The van der Waals surface area contributed by atoms with Gasteiger partial charge in [-0.05, 0) is 11.4 Å². The predicted molar refractivity (Wildman–Crippen MR) is 57.9 cm³/mol. The number of esters is 1. The number of carbonyl (C=O) groups excluding carboxylic acids is 1. The Balaban J connectivity index is 2.52. The third-order valence-electron chi connectivity index (χ3n) is 2.03. The molecule has 2 rings (SSSR count). The molecule has 0 aliphatic heterocycles. The highest BCUT2D eigenvalue weighted by Gasteiger charge is 2.17. The van der Waals surface area contributed by atoms with Crippen molar-refractivity contribution in [2.75, 3.05) is 7.11 Å². The molecule has 0 atom stereocenters. The second kappa shape index (κ2) is 3.86. The van der Waals surface area contributed by atoms with Gasteiger partial charge in [0.25, 0.3) is 0 Å². The second-order valence-corrected chi connectivity index (χ2v) is 3.85. The van der Waals surface area contributed by atoms with Crippen LogP contribution in [0.1, 0.15) is 10.4 Å². The maximum atomic E-state index is 11.5. The molecule has 0 radical (unpaired) electrons. The number of aromatic nitrogens is 2. The number of hydrogen-bond acceptors (Lipinski definition) is 4. The summed E-state index contributed by atoms with van der Waals surface area (Å²) in [6.45, 7) is 0. The lowest BCUT2D eigenvalue weighted by Crippen LogP contribution is -2.01. The predicted octanol–water partition coefficient (Wildman–Crippen LogP) is 1.94. The number of hydrogen-bond donors (Lipinski definition) is 0. The Morgan fingerprint density at radius 1 is 1.60 bits per heavy atom. The highest BCUT2D eigenvalue weighted by Crippen LogP contribution is 2.24. The molecule has 0 saturated heterocycles. The van der Waals surface area contributed by atoms with E-state index in [1.165, 1.54) is 7.11 Å². The molecule has 2 aromatic rings. The van der Waals surface area contributed by atoms with Crippen LogP contribution in [0.5, 0.6) is 0 Å². The molecule has 0 aromatic carbocycles. The quantitative estimate of drug-likeness (QED) is 0.729. The molecule has 2 aromatic heterocycles. The summed E-state index contributed by atoms with van der Waals surface area (Å²) in [5, 5.41) is 8.15. The summed E-state index contributed by atoms with van der Waals surface area (Å²) >= 11 is 1.57. The minimum atomic E-state index is -0.357. The van der Waals surface area contributed by atoms with Crippen molar-refractivity contribution >= 4 is 17.3 Å². The lowest BCUT2D eigenvalue weighted by Gasteiger charge is -1.97. The summed E-state index contributed by atoms with van der Waals surface area (Å²) < 4.78 is 6.31. The zero-order chi connectivity index (χ0) is 10.8. The van der Waals surface area contributed by atoms with Gasteiger partial charge in [-0.25, -0.2) is 4.79 Å². The Kier molecular flexibility index (Phi) is 2.55. The van der Waals surface area contributed by atoms with Crippen LogP contribution in [0.15, 0.2) is 23.0 Å². The number of nitrogens with zero attached hydrogens (tertiary/aromatic N) is 2. The van der Waals surface area contributed by atoms with E-state index in [-0.39, 0.29) is 5.97 Å². The van der Waals surface area contributed by atoms with Crippen molar-refractivity contribution in [3.05, 3.63) is 28.6 Å². The smallest absolute Gasteiger partial charge is 0.341 e. The van der Waals surface area contributed by atoms with Crippen molar-refractivity contribution in [1.82, 2.24) is 9.78 Å². The van der Waals surface area contributed by atoms with Crippen molar-refractivity contribution in [3.8, 4) is 11.3 Å². The standard InChI is InChI=1S/C10H10N2O2S/c1-12-5-8(10(13)14-2)9(11-12)7-3-4-15-6-7/h3-6H,1-2H3. The molecule has 0 spiro atoms. The van der Waals surface area contributed by atoms with E-state index < -0.39 is 0 Å². The third-order valence-corrected chi connectivity index (χ3v) is 2.71. The van der Waals surface area contributed by atoms with Gasteiger partial charge in [0.05, 0.1) is 7.11 Å². The van der Waals surface area contributed by atoms with E-state index in [9.17, 15) is 4.79 Å². The fraction of sp³-hybridized carbons (Fsp3) is 0.200. The molecule has 4 nitrogen and oxygen atoms in total. The minimum absolute atomic E-state index is 0.357. The van der Waals surface area contributed by atoms with Gasteiger partial charge in [-0.2, -0.15) is 16.4 Å². The van der Waals surface area contributed by atoms with Crippen molar-refractivity contribution in [2.24, 2.45) is 7.05 Å². The zero-order valence-corrected chi connectivity index (χ0v) is 9.25. The summed E-state index contributed by atoms with van der Waals surface area (Å²) in [5.41, 5.74) is 2.12. The normalized spacial score (nSPS) is 10.3. The molecule has 0 bridgehead atoms. The molecular formula is C10H10N2O2S. The first-order valence-electron chi connectivity index (χ1n) is 4.37. The van der Waals surface area contributed by atoms with E-state index in [0.717, 1.165) is 5.56 Å². The van der Waals surface area contributed by atoms with Gasteiger partial charge in [-0.1, -0.05) is 0 Å². The molecular weight excluding hydrogens is 212 g/mol. The molecule has 78 valence electrons. The van der Waals surface area contributed by atoms with Crippen molar-refractivity contribution in [2.45, 2.75) is 0 Å². The van der Waals surface area contributed by atoms with E-state index in [2.05, 4.69) is 5.10 Å². The molecule has 0 aliphatic carbocycles. The number of carbonyl (C=O) groups is 1. The van der Waals surface area contributed by atoms with E-state index in [1.807, 2.05) is 16.8 Å². The van der Waals surface area contributed by atoms with Gasteiger partial charge < -0.3 is 4.74 Å². The Labute approximate surface area is 91.1 Å². The molecule has 2 heterocycles. The van der Waals surface area contributed by atoms with Crippen LogP contribution in [0.3, 0.4) is 0 Å². The van der Waals surface area contributed by atoms with E-state index >= 15 is 0 Å². The molecule has 0 fully saturated rings. The number of methoxy groups -OCH3 is 1. The first-order chi connectivity index (χ1) is 7.22. The average molecular weight is 222 g/mol. The number of aryl methyl sites for hydroxylation is 1. The van der Waals surface area contributed by atoms with Crippen molar-refractivity contribution < 1.29 is 9.53 Å². The maximum Gasteiger partial charge on any atom is 0.341 e. The Morgan fingerprint density at radius 3 is 3.00 bits per heavy atom. The number of ether oxygens (including phenoxy) is 1. The van der Waals surface area contributed by atoms with Gasteiger partial charge in [0, 0.05) is 24.2 Å². The Hall–Kier alpha value is -1.62. The second-order valence-electron chi connectivity index (χ2n) is 3.07. The van der Waals surface area contributed by atoms with Gasteiger partial charge in [0.15, 0.2) is 0 Å². The van der Waals surface area contributed by atoms with Crippen LogP contribution < -0.4 is 0 Å². The SMILES string of the molecule is COC(=O)c1cn(C)nc1-c1ccsc1. The van der Waals surface area contributed by atoms with E-state index in [4.69, 9.17) is 4.74 Å². The van der Waals surface area contributed by atoms with Gasteiger partial charge in [0.1, 0.15) is 11.3 Å². The molecule has 0 aliphatic rings. The molecule has 0 saturated carbocycles. The number of rotatable bonds is 2. The Morgan fingerprint density at radius 2 is 2.40 bits per heavy atom. The lowest BCUT2D eigenvalue weighted by atomic mass is 10.1. The lowest BCUT2D eigenvalue weighted by molar-refractivity contribution is 0.0601. The number of thiophene rings is 1.